The largest absolute Gasteiger partial charge is 0.320 e. The van der Waals surface area contributed by atoms with Crippen LogP contribution in [0.25, 0.3) is 10.9 Å². The number of halogens is 4. The van der Waals surface area contributed by atoms with Crippen molar-refractivity contribution in [3.8, 4) is 0 Å². The Labute approximate surface area is 177 Å². The van der Waals surface area contributed by atoms with Gasteiger partial charge in [-0.05, 0) is 44.0 Å². The molecule has 1 aromatic heterocycles. The third kappa shape index (κ3) is 6.58. The van der Waals surface area contributed by atoms with Gasteiger partial charge in [-0.2, -0.15) is 0 Å². The van der Waals surface area contributed by atoms with Gasteiger partial charge in [0.2, 0.25) is 0 Å². The van der Waals surface area contributed by atoms with Gasteiger partial charge in [0.05, 0.1) is 20.9 Å². The van der Waals surface area contributed by atoms with E-state index in [-0.39, 0.29) is 35.8 Å². The fraction of sp³-hybridized carbons (Fsp3) is 0.556. The van der Waals surface area contributed by atoms with Gasteiger partial charge in [0.25, 0.3) is 5.56 Å². The van der Waals surface area contributed by atoms with Crippen molar-refractivity contribution < 1.29 is 0 Å². The van der Waals surface area contributed by atoms with Gasteiger partial charge < -0.3 is 5.32 Å². The quantitative estimate of drug-likeness (QED) is 0.630. The Morgan fingerprint density at radius 3 is 2.31 bits per heavy atom. The molecule has 0 unspecified atom stereocenters. The predicted octanol–water partition coefficient (Wildman–Crippen LogP) is 5.14. The number of fused-ring (bicyclic) bond motifs is 1. The van der Waals surface area contributed by atoms with Crippen LogP contribution in [0, 0.1) is 5.41 Å². The van der Waals surface area contributed by atoms with Crippen LogP contribution in [0.4, 0.5) is 0 Å². The van der Waals surface area contributed by atoms with Gasteiger partial charge in [0.15, 0.2) is 0 Å². The zero-order valence-electron chi connectivity index (χ0n) is 15.6. The number of nitrogens with one attached hydrogen (secondary N) is 1. The van der Waals surface area contributed by atoms with E-state index in [0.29, 0.717) is 27.5 Å². The van der Waals surface area contributed by atoms with Crippen LogP contribution in [-0.4, -0.2) is 23.1 Å². The second-order valence-corrected chi connectivity index (χ2v) is 8.14. The minimum absolute atomic E-state index is 0. The zero-order chi connectivity index (χ0) is 17.9. The molecule has 0 fully saturated rings. The van der Waals surface area contributed by atoms with Gasteiger partial charge in [0.1, 0.15) is 5.82 Å². The maximum atomic E-state index is 13.0. The smallest absolute Gasteiger partial charge is 0.261 e. The first-order valence-corrected chi connectivity index (χ1v) is 9.01. The van der Waals surface area contributed by atoms with E-state index in [2.05, 4.69) is 26.1 Å². The Morgan fingerprint density at radius 1 is 1.12 bits per heavy atom. The van der Waals surface area contributed by atoms with E-state index in [1.807, 2.05) is 7.05 Å². The van der Waals surface area contributed by atoms with E-state index in [4.69, 9.17) is 28.2 Å². The normalized spacial score (nSPS) is 11.2. The molecule has 4 nitrogen and oxygen atoms in total. The Bertz CT molecular complexity index is 785. The van der Waals surface area contributed by atoms with Crippen molar-refractivity contribution in [2.24, 2.45) is 5.41 Å². The molecule has 26 heavy (non-hydrogen) atoms. The number of hydrogen-bond donors (Lipinski definition) is 1. The minimum atomic E-state index is -0.0443. The molecule has 0 atom stereocenters. The summed E-state index contributed by atoms with van der Waals surface area (Å²) in [5, 5.41) is 4.47. The van der Waals surface area contributed by atoms with Crippen molar-refractivity contribution in [1.82, 2.24) is 14.9 Å². The summed E-state index contributed by atoms with van der Waals surface area (Å²) in [5.74, 6) is 0.817. The van der Waals surface area contributed by atoms with Crippen LogP contribution in [0.2, 0.25) is 10.0 Å². The van der Waals surface area contributed by atoms with Crippen molar-refractivity contribution in [3.05, 3.63) is 38.4 Å². The number of aromatic nitrogens is 2. The third-order valence-electron chi connectivity index (χ3n) is 3.78. The second-order valence-electron chi connectivity index (χ2n) is 7.32. The Hall–Kier alpha value is -0.520. The molecule has 0 spiro atoms. The molecule has 1 N–H and O–H groups in total. The van der Waals surface area contributed by atoms with Crippen LogP contribution >= 0.6 is 48.0 Å². The molecule has 8 heteroatoms. The van der Waals surface area contributed by atoms with Crippen molar-refractivity contribution in [2.75, 3.05) is 13.6 Å². The fourth-order valence-electron chi connectivity index (χ4n) is 2.68. The second kappa shape index (κ2) is 10.7. The first-order chi connectivity index (χ1) is 11.2. The van der Waals surface area contributed by atoms with E-state index in [0.717, 1.165) is 31.6 Å². The summed E-state index contributed by atoms with van der Waals surface area (Å²) in [4.78, 5) is 17.7. The van der Waals surface area contributed by atoms with Gasteiger partial charge in [0, 0.05) is 13.0 Å². The van der Waals surface area contributed by atoms with Crippen LogP contribution in [0.15, 0.2) is 16.9 Å². The van der Waals surface area contributed by atoms with Gasteiger partial charge in [-0.1, -0.05) is 44.0 Å². The summed E-state index contributed by atoms with van der Waals surface area (Å²) in [6.07, 6.45) is 2.79. The molecule has 0 amide bonds. The van der Waals surface area contributed by atoms with Crippen LogP contribution in [0.5, 0.6) is 0 Å². The summed E-state index contributed by atoms with van der Waals surface area (Å²) in [7, 11) is 1.94. The van der Waals surface area contributed by atoms with E-state index in [1.54, 1.807) is 16.7 Å². The number of benzene rings is 1. The molecule has 1 heterocycles. The number of hydrogen-bond acceptors (Lipinski definition) is 3. The Balaban J connectivity index is 0.00000312. The highest BCUT2D eigenvalue weighted by molar-refractivity contribution is 6.42. The van der Waals surface area contributed by atoms with Gasteiger partial charge in [-0.3, -0.25) is 9.36 Å². The van der Waals surface area contributed by atoms with Crippen molar-refractivity contribution in [2.45, 2.75) is 46.6 Å². The molecule has 2 rings (SSSR count). The summed E-state index contributed by atoms with van der Waals surface area (Å²) in [5.41, 5.74) is 0.551. The van der Waals surface area contributed by atoms with Gasteiger partial charge in [-0.15, -0.1) is 24.8 Å². The maximum absolute atomic E-state index is 13.0. The van der Waals surface area contributed by atoms with Crippen molar-refractivity contribution in [3.63, 3.8) is 0 Å². The summed E-state index contributed by atoms with van der Waals surface area (Å²) in [6.45, 7) is 7.92. The summed E-state index contributed by atoms with van der Waals surface area (Å²) >= 11 is 12.2. The lowest BCUT2D eigenvalue weighted by atomic mass is 9.96. The topological polar surface area (TPSA) is 46.9 Å². The molecule has 0 aliphatic carbocycles. The monoisotopic (exact) mass is 441 g/mol. The molecule has 1 aromatic carbocycles. The summed E-state index contributed by atoms with van der Waals surface area (Å²) < 4.78 is 1.80. The minimum Gasteiger partial charge on any atom is -0.320 e. The molecule has 2 aromatic rings. The summed E-state index contributed by atoms with van der Waals surface area (Å²) in [6, 6.07) is 3.30. The fourth-order valence-corrected chi connectivity index (χ4v) is 3.00. The van der Waals surface area contributed by atoms with E-state index < -0.39 is 0 Å². The molecule has 0 aliphatic heterocycles. The number of unbranched alkanes of at least 4 members (excludes halogenated alkanes) is 1. The van der Waals surface area contributed by atoms with E-state index >= 15 is 0 Å². The number of rotatable bonds is 6. The van der Waals surface area contributed by atoms with Crippen LogP contribution < -0.4 is 10.9 Å². The molecule has 0 saturated carbocycles. The molecule has 0 bridgehead atoms. The molecular weight excluding hydrogens is 416 g/mol. The lowest BCUT2D eigenvalue weighted by Gasteiger charge is -2.22. The first kappa shape index (κ1) is 25.5. The lowest BCUT2D eigenvalue weighted by molar-refractivity contribution is 0.330. The highest BCUT2D eigenvalue weighted by Crippen LogP contribution is 2.26. The van der Waals surface area contributed by atoms with Crippen LogP contribution in [-0.2, 0) is 13.0 Å². The van der Waals surface area contributed by atoms with Gasteiger partial charge in [-0.25, -0.2) is 4.98 Å². The third-order valence-corrected chi connectivity index (χ3v) is 4.51. The first-order valence-electron chi connectivity index (χ1n) is 8.26. The maximum Gasteiger partial charge on any atom is 0.261 e. The van der Waals surface area contributed by atoms with Crippen molar-refractivity contribution >= 4 is 58.9 Å². The zero-order valence-corrected chi connectivity index (χ0v) is 18.7. The standard InChI is InChI=1S/C18H25Cl2N3O.2ClH/c1-18(2,3)11-23-16(7-5-6-8-21-4)22-15-10-14(20)13(19)9-12(15)17(23)24;;/h9-10,21H,5-8,11H2,1-4H3;2*1H. The van der Waals surface area contributed by atoms with Crippen LogP contribution in [0.3, 0.4) is 0 Å². The Kier molecular flexibility index (Phi) is 10.5. The van der Waals surface area contributed by atoms with Crippen LogP contribution in [0.1, 0.15) is 39.4 Å². The number of aryl methyl sites for hydroxylation is 1. The van der Waals surface area contributed by atoms with E-state index in [1.165, 1.54) is 0 Å². The predicted molar refractivity (Wildman–Crippen MR) is 117 cm³/mol. The average molecular weight is 443 g/mol. The molecule has 0 saturated heterocycles. The van der Waals surface area contributed by atoms with E-state index in [9.17, 15) is 4.79 Å². The number of nitrogens with zero attached hydrogens (tertiary/aromatic N) is 2. The Morgan fingerprint density at radius 2 is 1.73 bits per heavy atom. The highest BCUT2D eigenvalue weighted by atomic mass is 35.5. The van der Waals surface area contributed by atoms with Gasteiger partial charge >= 0.3 is 0 Å². The lowest BCUT2D eigenvalue weighted by Crippen LogP contribution is -2.30. The molecule has 0 radical (unpaired) electrons. The van der Waals surface area contributed by atoms with Crippen molar-refractivity contribution in [1.29, 1.82) is 0 Å². The highest BCUT2D eigenvalue weighted by Gasteiger charge is 2.18. The molecule has 148 valence electrons. The average Bonchev–Trinajstić information content (AvgIpc) is 2.48. The SMILES string of the molecule is CNCCCCc1nc2cc(Cl)c(Cl)cc2c(=O)n1CC(C)(C)C.Cl.Cl. The molecular formula is C18H27Cl4N3O. The molecule has 0 aliphatic rings.